The average molecular weight is 471 g/mol. The van der Waals surface area contributed by atoms with Crippen molar-refractivity contribution < 1.29 is 19.3 Å². The van der Waals surface area contributed by atoms with Crippen LogP contribution < -0.4 is 0 Å². The number of likely N-dealkylation sites (tertiary alicyclic amines) is 1. The molecule has 1 saturated heterocycles. The molecule has 7 nitrogen and oxygen atoms in total. The summed E-state index contributed by atoms with van der Waals surface area (Å²) in [6.07, 6.45) is 0.646. The van der Waals surface area contributed by atoms with E-state index >= 15 is 0 Å². The van der Waals surface area contributed by atoms with Crippen LogP contribution >= 0.6 is 0 Å². The molecule has 1 aliphatic heterocycles. The fraction of sp³-hybridized carbons (Fsp3) is 0.480. The quantitative estimate of drug-likeness (QED) is 0.287. The number of benzene rings is 2. The predicted molar refractivity (Wildman–Crippen MR) is 131 cm³/mol. The molecule has 1 heterocycles. The lowest BCUT2D eigenvalue weighted by atomic mass is 10.0. The molecule has 1 fully saturated rings. The lowest BCUT2D eigenvalue weighted by Crippen LogP contribution is -2.49. The minimum Gasteiger partial charge on any atom is -0.465 e. The molecule has 3 rings (SSSR count). The summed E-state index contributed by atoms with van der Waals surface area (Å²) in [4.78, 5) is 24.5. The van der Waals surface area contributed by atoms with Gasteiger partial charge in [-0.3, -0.25) is 15.0 Å². The molecule has 8 heteroatoms. The first-order chi connectivity index (χ1) is 15.4. The zero-order valence-corrected chi connectivity index (χ0v) is 21.0. The predicted octanol–water partition coefficient (Wildman–Crippen LogP) is 6.41. The SMILES string of the molecule is CC(C)(C)[Si](C)(C)OC(c1ccccc1)[C@H]1CC[C@@H](Cc2ccc([N+](=O)[O-])cc2)N1C(=O)O. The number of carbonyl (C=O) groups is 1. The van der Waals surface area contributed by atoms with E-state index in [-0.39, 0.29) is 28.9 Å². The van der Waals surface area contributed by atoms with Gasteiger partial charge in [0, 0.05) is 18.2 Å². The van der Waals surface area contributed by atoms with E-state index in [0.717, 1.165) is 17.5 Å². The maximum Gasteiger partial charge on any atom is 0.407 e. The number of amides is 1. The van der Waals surface area contributed by atoms with Crippen LogP contribution in [0.25, 0.3) is 0 Å². The molecule has 1 amide bonds. The van der Waals surface area contributed by atoms with Gasteiger partial charge in [-0.25, -0.2) is 4.79 Å². The standard InChI is InChI=1S/C25H34N2O5Si/c1-25(2,3)33(4,5)32-23(19-9-7-6-8-10-19)22-16-15-21(26(22)24(28)29)17-18-11-13-20(14-12-18)27(30)31/h6-14,21-23H,15-17H2,1-5H3,(H,28,29)/t21-,22+,23?/m0/s1. The molecule has 0 bridgehead atoms. The van der Waals surface area contributed by atoms with Crippen molar-refractivity contribution in [3.05, 3.63) is 75.8 Å². The Labute approximate surface area is 196 Å². The van der Waals surface area contributed by atoms with E-state index in [1.54, 1.807) is 17.0 Å². The normalized spacial score (nSPS) is 20.0. The van der Waals surface area contributed by atoms with Gasteiger partial charge in [-0.15, -0.1) is 0 Å². The smallest absolute Gasteiger partial charge is 0.407 e. The summed E-state index contributed by atoms with van der Waals surface area (Å²) in [5.74, 6) is 0. The fourth-order valence-electron chi connectivity index (χ4n) is 4.24. The Morgan fingerprint density at radius 1 is 1.15 bits per heavy atom. The molecule has 33 heavy (non-hydrogen) atoms. The molecule has 0 aromatic heterocycles. The summed E-state index contributed by atoms with van der Waals surface area (Å²) < 4.78 is 6.85. The first-order valence-corrected chi connectivity index (χ1v) is 14.3. The van der Waals surface area contributed by atoms with Crippen LogP contribution in [0.5, 0.6) is 0 Å². The van der Waals surface area contributed by atoms with Crippen molar-refractivity contribution in [2.45, 2.75) is 76.4 Å². The number of nitrogens with zero attached hydrogens (tertiary/aromatic N) is 2. The Balaban J connectivity index is 1.90. The van der Waals surface area contributed by atoms with Crippen molar-refractivity contribution in [3.63, 3.8) is 0 Å². The third-order valence-corrected chi connectivity index (χ3v) is 11.5. The van der Waals surface area contributed by atoms with Gasteiger partial charge in [-0.2, -0.15) is 0 Å². The van der Waals surface area contributed by atoms with Gasteiger partial charge in [0.05, 0.1) is 17.1 Å². The molecule has 0 aliphatic carbocycles. The molecule has 178 valence electrons. The highest BCUT2D eigenvalue weighted by Gasteiger charge is 2.46. The van der Waals surface area contributed by atoms with E-state index in [4.69, 9.17) is 4.43 Å². The fourth-order valence-corrected chi connectivity index (χ4v) is 5.52. The van der Waals surface area contributed by atoms with Crippen LogP contribution in [-0.2, 0) is 10.8 Å². The number of rotatable bonds is 7. The molecule has 2 aromatic rings. The number of nitro groups is 1. The minimum absolute atomic E-state index is 0.00908. The monoisotopic (exact) mass is 470 g/mol. The summed E-state index contributed by atoms with van der Waals surface area (Å²) in [5, 5.41) is 21.1. The van der Waals surface area contributed by atoms with Gasteiger partial charge >= 0.3 is 6.09 Å². The van der Waals surface area contributed by atoms with Crippen molar-refractivity contribution in [1.29, 1.82) is 0 Å². The number of carboxylic acid groups (broad SMARTS) is 1. The number of nitro benzene ring substituents is 1. The van der Waals surface area contributed by atoms with Crippen LogP contribution in [-0.4, -0.2) is 41.4 Å². The van der Waals surface area contributed by atoms with E-state index in [1.807, 2.05) is 30.3 Å². The third kappa shape index (κ3) is 5.62. The van der Waals surface area contributed by atoms with Crippen molar-refractivity contribution in [2.24, 2.45) is 0 Å². The number of hydrogen-bond acceptors (Lipinski definition) is 4. The molecule has 0 spiro atoms. The molecule has 1 N–H and O–H groups in total. The van der Waals surface area contributed by atoms with Crippen LogP contribution in [0.4, 0.5) is 10.5 Å². The van der Waals surface area contributed by atoms with Crippen LogP contribution in [0.3, 0.4) is 0 Å². The molecular formula is C25H34N2O5Si. The highest BCUT2D eigenvalue weighted by molar-refractivity contribution is 6.74. The average Bonchev–Trinajstić information content (AvgIpc) is 3.15. The third-order valence-electron chi connectivity index (χ3n) is 7.09. The molecule has 1 unspecified atom stereocenters. The molecule has 2 aromatic carbocycles. The maximum absolute atomic E-state index is 12.4. The van der Waals surface area contributed by atoms with Crippen LogP contribution in [0, 0.1) is 10.1 Å². The molecule has 3 atom stereocenters. The zero-order chi connectivity index (χ0) is 24.4. The van der Waals surface area contributed by atoms with Crippen molar-refractivity contribution >= 4 is 20.1 Å². The number of non-ortho nitro benzene ring substituents is 1. The van der Waals surface area contributed by atoms with E-state index in [0.29, 0.717) is 12.8 Å². The second-order valence-corrected chi connectivity index (χ2v) is 15.1. The lowest BCUT2D eigenvalue weighted by molar-refractivity contribution is -0.384. The van der Waals surface area contributed by atoms with Gasteiger partial charge < -0.3 is 9.53 Å². The molecular weight excluding hydrogens is 436 g/mol. The van der Waals surface area contributed by atoms with E-state index in [1.165, 1.54) is 12.1 Å². The summed E-state index contributed by atoms with van der Waals surface area (Å²) in [5.41, 5.74) is 1.92. The van der Waals surface area contributed by atoms with Crippen molar-refractivity contribution in [2.75, 3.05) is 0 Å². The summed E-state index contributed by atoms with van der Waals surface area (Å²) in [7, 11) is -2.18. The Kier molecular flexibility index (Phi) is 7.28. The van der Waals surface area contributed by atoms with E-state index < -0.39 is 19.3 Å². The van der Waals surface area contributed by atoms with Gasteiger partial charge in [0.1, 0.15) is 0 Å². The van der Waals surface area contributed by atoms with Crippen LogP contribution in [0.2, 0.25) is 18.1 Å². The van der Waals surface area contributed by atoms with E-state index in [2.05, 4.69) is 33.9 Å². The van der Waals surface area contributed by atoms with Crippen molar-refractivity contribution in [1.82, 2.24) is 4.90 Å². The Hall–Kier alpha value is -2.71. The van der Waals surface area contributed by atoms with Gasteiger partial charge in [0.15, 0.2) is 8.32 Å². The molecule has 1 aliphatic rings. The van der Waals surface area contributed by atoms with Gasteiger partial charge in [-0.05, 0) is 48.5 Å². The van der Waals surface area contributed by atoms with Gasteiger partial charge in [-0.1, -0.05) is 63.2 Å². The largest absolute Gasteiger partial charge is 0.465 e. The van der Waals surface area contributed by atoms with Gasteiger partial charge in [0.25, 0.3) is 5.69 Å². The van der Waals surface area contributed by atoms with Crippen LogP contribution in [0.15, 0.2) is 54.6 Å². The topological polar surface area (TPSA) is 92.9 Å². The Morgan fingerprint density at radius 3 is 2.27 bits per heavy atom. The van der Waals surface area contributed by atoms with E-state index in [9.17, 15) is 20.0 Å². The summed E-state index contributed by atoms with van der Waals surface area (Å²) in [6, 6.07) is 15.8. The second kappa shape index (κ2) is 9.65. The highest BCUT2D eigenvalue weighted by Crippen LogP contribution is 2.44. The number of hydrogen-bond donors (Lipinski definition) is 1. The summed E-state index contributed by atoms with van der Waals surface area (Å²) >= 11 is 0. The van der Waals surface area contributed by atoms with Crippen LogP contribution in [0.1, 0.15) is 50.8 Å². The maximum atomic E-state index is 12.4. The lowest BCUT2D eigenvalue weighted by Gasteiger charge is -2.42. The Morgan fingerprint density at radius 2 is 1.76 bits per heavy atom. The Bertz CT molecular complexity index is 973. The first kappa shape index (κ1) is 24.9. The minimum atomic E-state index is -2.18. The first-order valence-electron chi connectivity index (χ1n) is 11.4. The second-order valence-electron chi connectivity index (χ2n) is 10.3. The molecule has 0 saturated carbocycles. The summed E-state index contributed by atoms with van der Waals surface area (Å²) in [6.45, 7) is 10.9. The van der Waals surface area contributed by atoms with Crippen molar-refractivity contribution in [3.8, 4) is 0 Å². The highest BCUT2D eigenvalue weighted by atomic mass is 28.4. The zero-order valence-electron chi connectivity index (χ0n) is 20.0. The van der Waals surface area contributed by atoms with Gasteiger partial charge in [0.2, 0.25) is 0 Å². The molecule has 0 radical (unpaired) electrons.